The molecule has 178 valence electrons. The van der Waals surface area contributed by atoms with Gasteiger partial charge in [-0.2, -0.15) is 0 Å². The average molecular weight is 451 g/mol. The van der Waals surface area contributed by atoms with Crippen molar-refractivity contribution >= 4 is 19.5 Å². The van der Waals surface area contributed by atoms with Crippen LogP contribution in [0, 0.1) is 16.2 Å². The Morgan fingerprint density at radius 3 is 1.43 bits per heavy atom. The number of carbonyl (C=O) groups excluding carboxylic acids is 2. The predicted molar refractivity (Wildman–Crippen MR) is 118 cm³/mol. The predicted octanol–water partition coefficient (Wildman–Crippen LogP) is 6.30. The van der Waals surface area contributed by atoms with Gasteiger partial charge in [0.2, 0.25) is 13.6 Å². The lowest BCUT2D eigenvalue weighted by Gasteiger charge is -2.22. The molecule has 7 nitrogen and oxygen atoms in total. The molecule has 0 heterocycles. The number of unbranched alkanes of at least 4 members (excludes halogenated alkanes) is 3. The minimum atomic E-state index is -3.57. The van der Waals surface area contributed by atoms with Crippen LogP contribution in [0.5, 0.6) is 0 Å². The number of rotatable bonds is 12. The molecule has 0 aromatic rings. The highest BCUT2D eigenvalue weighted by Crippen LogP contribution is 2.49. The smallest absolute Gasteiger partial charge is 0.336 e. The first-order valence-corrected chi connectivity index (χ1v) is 12.4. The molecule has 30 heavy (non-hydrogen) atoms. The van der Waals surface area contributed by atoms with Crippen molar-refractivity contribution in [3.05, 3.63) is 0 Å². The highest BCUT2D eigenvalue weighted by molar-refractivity contribution is 7.53. The molecular weight excluding hydrogens is 407 g/mol. The molecule has 0 atom stereocenters. The summed E-state index contributed by atoms with van der Waals surface area (Å²) < 4.78 is 33.8. The molecule has 0 radical (unpaired) electrons. The lowest BCUT2D eigenvalue weighted by molar-refractivity contribution is -0.162. The van der Waals surface area contributed by atoms with Gasteiger partial charge in [-0.05, 0) is 59.8 Å². The third-order valence-corrected chi connectivity index (χ3v) is 6.07. The molecule has 0 fully saturated rings. The van der Waals surface area contributed by atoms with Crippen LogP contribution in [0.25, 0.3) is 0 Å². The van der Waals surface area contributed by atoms with Crippen LogP contribution >= 0.6 is 7.60 Å². The van der Waals surface area contributed by atoms with Crippen LogP contribution in [0.1, 0.15) is 94.4 Å². The van der Waals surface area contributed by atoms with E-state index in [2.05, 4.69) is 20.8 Å². The molecule has 0 aromatic heterocycles. The third-order valence-electron chi connectivity index (χ3n) is 4.21. The monoisotopic (exact) mass is 450 g/mol. The van der Waals surface area contributed by atoms with Gasteiger partial charge in [0.25, 0.3) is 0 Å². The van der Waals surface area contributed by atoms with E-state index in [1.807, 2.05) is 0 Å². The van der Waals surface area contributed by atoms with E-state index in [9.17, 15) is 14.2 Å². The van der Waals surface area contributed by atoms with E-state index in [0.29, 0.717) is 11.8 Å². The van der Waals surface area contributed by atoms with Gasteiger partial charge in [-0.1, -0.05) is 40.0 Å². The molecule has 0 unspecified atom stereocenters. The summed E-state index contributed by atoms with van der Waals surface area (Å²) in [4.78, 5) is 23.8. The van der Waals surface area contributed by atoms with E-state index in [1.165, 1.54) is 0 Å². The summed E-state index contributed by atoms with van der Waals surface area (Å²) in [5.41, 5.74) is -1.08. The zero-order valence-electron chi connectivity index (χ0n) is 20.5. The Labute approximate surface area is 183 Å². The zero-order valence-corrected chi connectivity index (χ0v) is 21.4. The topological polar surface area (TPSA) is 88.1 Å². The molecule has 0 rings (SSSR count). The molecule has 0 bridgehead atoms. The molecule has 0 N–H and O–H groups in total. The molecule has 0 saturated carbocycles. The lowest BCUT2D eigenvalue weighted by Crippen LogP contribution is -2.25. The van der Waals surface area contributed by atoms with Crippen molar-refractivity contribution in [1.82, 2.24) is 0 Å². The fourth-order valence-electron chi connectivity index (χ4n) is 2.23. The molecule has 0 aliphatic carbocycles. The first-order valence-electron chi connectivity index (χ1n) is 10.7. The quantitative estimate of drug-likeness (QED) is 0.149. The third kappa shape index (κ3) is 14.2. The Balaban J connectivity index is 4.64. The van der Waals surface area contributed by atoms with Crippen molar-refractivity contribution in [3.8, 4) is 0 Å². The van der Waals surface area contributed by atoms with Crippen LogP contribution in [-0.2, 0) is 32.7 Å². The second-order valence-electron chi connectivity index (χ2n) is 10.9. The number of hydrogen-bond acceptors (Lipinski definition) is 7. The maximum absolute atomic E-state index is 13.0. The van der Waals surface area contributed by atoms with Crippen molar-refractivity contribution in [3.63, 3.8) is 0 Å². The van der Waals surface area contributed by atoms with Crippen LogP contribution in [-0.4, -0.2) is 31.7 Å². The summed E-state index contributed by atoms with van der Waals surface area (Å²) in [5, 5.41) is 0. The van der Waals surface area contributed by atoms with Gasteiger partial charge in [0, 0.05) is 0 Å². The van der Waals surface area contributed by atoms with Gasteiger partial charge < -0.3 is 9.47 Å². The van der Waals surface area contributed by atoms with Crippen LogP contribution in [0.2, 0.25) is 0 Å². The SMILES string of the molecule is CC(C)(C)CCCCCCP(=O)(OCOC(=O)C(C)(C)C)OCOC(=O)C(C)(C)C. The Morgan fingerprint density at radius 1 is 0.667 bits per heavy atom. The summed E-state index contributed by atoms with van der Waals surface area (Å²) in [5.74, 6) is -0.925. The van der Waals surface area contributed by atoms with Crippen LogP contribution in [0.4, 0.5) is 0 Å². The fourth-order valence-corrected chi connectivity index (χ4v) is 3.60. The Morgan fingerprint density at radius 2 is 1.07 bits per heavy atom. The van der Waals surface area contributed by atoms with Crippen LogP contribution < -0.4 is 0 Å². The zero-order chi connectivity index (χ0) is 23.6. The highest BCUT2D eigenvalue weighted by Gasteiger charge is 2.29. The number of carbonyl (C=O) groups is 2. The van der Waals surface area contributed by atoms with E-state index in [-0.39, 0.29) is 6.16 Å². The summed E-state index contributed by atoms with van der Waals surface area (Å²) >= 11 is 0. The molecule has 0 aliphatic rings. The molecule has 0 spiro atoms. The number of hydrogen-bond donors (Lipinski definition) is 0. The summed E-state index contributed by atoms with van der Waals surface area (Å²) in [6.45, 7) is 16.0. The van der Waals surface area contributed by atoms with E-state index >= 15 is 0 Å². The average Bonchev–Trinajstić information content (AvgIpc) is 2.55. The van der Waals surface area contributed by atoms with Gasteiger partial charge in [0.1, 0.15) is 0 Å². The minimum absolute atomic E-state index is 0.169. The highest BCUT2D eigenvalue weighted by atomic mass is 31.2. The van der Waals surface area contributed by atoms with Gasteiger partial charge in [-0.25, -0.2) is 0 Å². The fraction of sp³-hybridized carbons (Fsp3) is 0.909. The molecule has 0 aromatic carbocycles. The summed E-state index contributed by atoms with van der Waals surface area (Å²) in [7, 11) is -3.57. The van der Waals surface area contributed by atoms with E-state index in [0.717, 1.165) is 25.7 Å². The normalized spacial score (nSPS) is 13.2. The Kier molecular flexibility index (Phi) is 11.8. The second-order valence-corrected chi connectivity index (χ2v) is 13.1. The molecular formula is C22H43O7P. The van der Waals surface area contributed by atoms with Gasteiger partial charge >= 0.3 is 19.5 Å². The first kappa shape index (κ1) is 29.1. The Hall–Kier alpha value is -0.910. The van der Waals surface area contributed by atoms with Crippen molar-refractivity contribution in [2.45, 2.75) is 94.4 Å². The van der Waals surface area contributed by atoms with E-state index in [1.54, 1.807) is 41.5 Å². The van der Waals surface area contributed by atoms with Crippen LogP contribution in [0.3, 0.4) is 0 Å². The maximum Gasteiger partial charge on any atom is 0.336 e. The summed E-state index contributed by atoms with van der Waals surface area (Å²) in [6, 6.07) is 0. The minimum Gasteiger partial charge on any atom is -0.438 e. The Bertz CT molecular complexity index is 544. The largest absolute Gasteiger partial charge is 0.438 e. The molecule has 0 aliphatic heterocycles. The summed E-state index contributed by atoms with van der Waals surface area (Å²) in [6.07, 6.45) is 4.95. The number of ether oxygens (including phenoxy) is 2. The van der Waals surface area contributed by atoms with Crippen molar-refractivity contribution < 1.29 is 32.7 Å². The molecule has 0 saturated heterocycles. The maximum atomic E-state index is 13.0. The van der Waals surface area contributed by atoms with Crippen molar-refractivity contribution in [2.75, 3.05) is 19.7 Å². The van der Waals surface area contributed by atoms with Gasteiger partial charge in [0.05, 0.1) is 17.0 Å². The van der Waals surface area contributed by atoms with Crippen molar-refractivity contribution in [1.29, 1.82) is 0 Å². The van der Waals surface area contributed by atoms with Gasteiger partial charge in [0.15, 0.2) is 0 Å². The van der Waals surface area contributed by atoms with Gasteiger partial charge in [-0.15, -0.1) is 0 Å². The molecule has 8 heteroatoms. The lowest BCUT2D eigenvalue weighted by atomic mass is 9.89. The van der Waals surface area contributed by atoms with E-state index in [4.69, 9.17) is 18.5 Å². The number of esters is 2. The van der Waals surface area contributed by atoms with Gasteiger partial charge in [-0.3, -0.25) is 23.2 Å². The second kappa shape index (κ2) is 12.2. The van der Waals surface area contributed by atoms with E-state index < -0.39 is 44.0 Å². The standard InChI is InChI=1S/C22H43O7P/c1-20(2,3)14-12-10-11-13-15-30(25,28-16-26-18(23)21(4,5)6)29-17-27-19(24)22(7,8)9/h10-17H2,1-9H3. The van der Waals surface area contributed by atoms with Crippen molar-refractivity contribution in [2.24, 2.45) is 16.2 Å². The van der Waals surface area contributed by atoms with Crippen LogP contribution in [0.15, 0.2) is 0 Å². The molecule has 0 amide bonds. The first-order chi connectivity index (χ1) is 13.5.